The Bertz CT molecular complexity index is 28.7. The Kier molecular flexibility index (Phi) is 3.85. The fraction of sp³-hybridized carbons (Fsp3) is 1.00. The predicted octanol–water partition coefficient (Wildman–Crippen LogP) is 1.80. The zero-order valence-corrected chi connectivity index (χ0v) is 5.38. The van der Waals surface area contributed by atoms with Gasteiger partial charge in [-0.05, 0) is 6.26 Å². The second kappa shape index (κ2) is 3.60. The van der Waals surface area contributed by atoms with Crippen LogP contribution in [0, 0.1) is 0 Å². The van der Waals surface area contributed by atoms with Crippen molar-refractivity contribution in [1.82, 2.24) is 0 Å². The summed E-state index contributed by atoms with van der Waals surface area (Å²) in [6.45, 7) is 6.56. The molecule has 0 aliphatic carbocycles. The molecule has 0 atom stereocenters. The third kappa shape index (κ3) is 4.41. The molecule has 0 saturated heterocycles. The lowest BCUT2D eigenvalue weighted by atomic mass is 9.90. The molecule has 0 saturated carbocycles. The van der Waals surface area contributed by atoms with Crippen LogP contribution in [0.3, 0.4) is 0 Å². The summed E-state index contributed by atoms with van der Waals surface area (Å²) in [6, 6.07) is 0. The summed E-state index contributed by atoms with van der Waals surface area (Å²) in [5.41, 5.74) is 0. The van der Waals surface area contributed by atoms with E-state index < -0.39 is 0 Å². The first-order valence-corrected chi connectivity index (χ1v) is 3.42. The molecule has 0 N–H and O–H groups in total. The van der Waals surface area contributed by atoms with Crippen molar-refractivity contribution in [3.63, 3.8) is 0 Å². The SMILES string of the molecule is CS[B]C(C)C. The lowest BCUT2D eigenvalue weighted by Crippen LogP contribution is -1.85. The van der Waals surface area contributed by atoms with Crippen molar-refractivity contribution in [2.45, 2.75) is 19.7 Å². The van der Waals surface area contributed by atoms with Crippen molar-refractivity contribution in [3.05, 3.63) is 0 Å². The van der Waals surface area contributed by atoms with E-state index in [4.69, 9.17) is 0 Å². The van der Waals surface area contributed by atoms with Crippen LogP contribution >= 0.6 is 11.6 Å². The highest BCUT2D eigenvalue weighted by atomic mass is 32.2. The average molecular weight is 101 g/mol. The van der Waals surface area contributed by atoms with Crippen LogP contribution in [0.5, 0.6) is 0 Å². The fourth-order valence-electron chi connectivity index (χ4n) is 0.272. The summed E-state index contributed by atoms with van der Waals surface area (Å²) in [5, 5.41) is 0. The molecule has 0 aliphatic heterocycles. The molecule has 0 spiro atoms. The minimum Gasteiger partial charge on any atom is -0.221 e. The Morgan fingerprint density at radius 2 is 2.00 bits per heavy atom. The first kappa shape index (κ1) is 6.41. The van der Waals surface area contributed by atoms with Crippen molar-refractivity contribution in [3.8, 4) is 0 Å². The third-order valence-corrected chi connectivity index (χ3v) is 1.22. The Morgan fingerprint density at radius 1 is 1.50 bits per heavy atom. The molecule has 0 fully saturated rings. The van der Waals surface area contributed by atoms with E-state index in [2.05, 4.69) is 26.7 Å². The standard InChI is InChI=1S/C4H10BS/c1-4(2)5-6-3/h4H,1-3H3. The largest absolute Gasteiger partial charge is 0.221 e. The van der Waals surface area contributed by atoms with Gasteiger partial charge in [-0.3, -0.25) is 0 Å². The number of hydrogen-bond acceptors (Lipinski definition) is 1. The molecule has 0 unspecified atom stereocenters. The van der Waals surface area contributed by atoms with E-state index in [-0.39, 0.29) is 0 Å². The second-order valence-corrected chi connectivity index (χ2v) is 2.36. The monoisotopic (exact) mass is 101 g/mol. The van der Waals surface area contributed by atoms with E-state index in [0.717, 1.165) is 5.82 Å². The van der Waals surface area contributed by atoms with Gasteiger partial charge in [-0.25, -0.2) is 11.6 Å². The normalized spacial score (nSPS) is 9.33. The summed E-state index contributed by atoms with van der Waals surface area (Å²) >= 11 is 1.78. The van der Waals surface area contributed by atoms with Crippen LogP contribution in [0.25, 0.3) is 0 Å². The van der Waals surface area contributed by atoms with E-state index in [1.165, 1.54) is 0 Å². The summed E-state index contributed by atoms with van der Waals surface area (Å²) in [6.07, 6.45) is 2.08. The highest BCUT2D eigenvalue weighted by Gasteiger charge is 1.89. The van der Waals surface area contributed by atoms with Gasteiger partial charge in [0.05, 0.1) is 0 Å². The summed E-state index contributed by atoms with van der Waals surface area (Å²) < 4.78 is 0. The summed E-state index contributed by atoms with van der Waals surface area (Å²) in [5.74, 6) is 0.736. The molecule has 0 bridgehead atoms. The molecule has 1 radical (unpaired) electrons. The van der Waals surface area contributed by atoms with E-state index in [9.17, 15) is 0 Å². The average Bonchev–Trinajstić information content (AvgIpc) is 1.35. The fourth-order valence-corrected chi connectivity index (χ4v) is 0.816. The molecule has 0 aromatic rings. The Hall–Kier alpha value is 0.415. The van der Waals surface area contributed by atoms with E-state index >= 15 is 0 Å². The first-order valence-electron chi connectivity index (χ1n) is 2.13. The van der Waals surface area contributed by atoms with Crippen molar-refractivity contribution in [1.29, 1.82) is 0 Å². The van der Waals surface area contributed by atoms with Crippen molar-refractivity contribution >= 4 is 18.2 Å². The molecule has 0 amide bonds. The Morgan fingerprint density at radius 3 is 2.00 bits per heavy atom. The summed E-state index contributed by atoms with van der Waals surface area (Å²) in [7, 11) is 0. The molecule has 0 aromatic heterocycles. The van der Waals surface area contributed by atoms with Gasteiger partial charge in [0, 0.05) is 0 Å². The lowest BCUT2D eigenvalue weighted by molar-refractivity contribution is 1.07. The second-order valence-electron chi connectivity index (χ2n) is 1.62. The molecule has 0 rings (SSSR count). The predicted molar refractivity (Wildman–Crippen MR) is 34.4 cm³/mol. The van der Waals surface area contributed by atoms with Crippen LogP contribution in [-0.4, -0.2) is 12.8 Å². The van der Waals surface area contributed by atoms with Gasteiger partial charge in [0.2, 0.25) is 0 Å². The maximum atomic E-state index is 2.21. The Balaban J connectivity index is 2.63. The smallest absolute Gasteiger partial charge is 0.194 e. The molecule has 0 aromatic carbocycles. The van der Waals surface area contributed by atoms with Crippen LogP contribution in [-0.2, 0) is 0 Å². The maximum Gasteiger partial charge on any atom is 0.194 e. The number of hydrogen-bond donors (Lipinski definition) is 0. The minimum atomic E-state index is 0.736. The minimum absolute atomic E-state index is 0.736. The molecule has 0 heterocycles. The molecular formula is C4H10BS. The van der Waals surface area contributed by atoms with Crippen LogP contribution in [0.1, 0.15) is 13.8 Å². The zero-order valence-electron chi connectivity index (χ0n) is 4.56. The molecule has 0 nitrogen and oxygen atoms in total. The van der Waals surface area contributed by atoms with Crippen molar-refractivity contribution in [2.24, 2.45) is 0 Å². The van der Waals surface area contributed by atoms with Gasteiger partial charge < -0.3 is 0 Å². The van der Waals surface area contributed by atoms with E-state index in [1.807, 2.05) is 0 Å². The van der Waals surface area contributed by atoms with Crippen LogP contribution in [0.2, 0.25) is 5.82 Å². The molecule has 2 heteroatoms. The molecule has 6 heavy (non-hydrogen) atoms. The molecule has 35 valence electrons. The van der Waals surface area contributed by atoms with Gasteiger partial charge in [-0.2, -0.15) is 0 Å². The Labute approximate surface area is 44.8 Å². The number of rotatable bonds is 2. The highest BCUT2D eigenvalue weighted by molar-refractivity contribution is 8.22. The maximum absolute atomic E-state index is 2.21. The van der Waals surface area contributed by atoms with Gasteiger partial charge in [0.25, 0.3) is 0 Å². The first-order chi connectivity index (χ1) is 2.77. The van der Waals surface area contributed by atoms with Crippen molar-refractivity contribution in [2.75, 3.05) is 6.26 Å². The van der Waals surface area contributed by atoms with E-state index in [0.29, 0.717) is 0 Å². The third-order valence-electron chi connectivity index (χ3n) is 0.408. The summed E-state index contributed by atoms with van der Waals surface area (Å²) in [4.78, 5) is 0. The van der Waals surface area contributed by atoms with Crippen LogP contribution in [0.15, 0.2) is 0 Å². The van der Waals surface area contributed by atoms with Gasteiger partial charge in [0.1, 0.15) is 0 Å². The van der Waals surface area contributed by atoms with Gasteiger partial charge >= 0.3 is 0 Å². The molecular weight excluding hydrogens is 90.9 g/mol. The van der Waals surface area contributed by atoms with E-state index in [1.54, 1.807) is 11.6 Å². The lowest BCUT2D eigenvalue weighted by Gasteiger charge is -1.93. The zero-order chi connectivity index (χ0) is 4.99. The van der Waals surface area contributed by atoms with Crippen LogP contribution in [0.4, 0.5) is 0 Å². The van der Waals surface area contributed by atoms with Crippen LogP contribution < -0.4 is 0 Å². The molecule has 0 aliphatic rings. The van der Waals surface area contributed by atoms with Gasteiger partial charge in [-0.1, -0.05) is 19.7 Å². The highest BCUT2D eigenvalue weighted by Crippen LogP contribution is 2.03. The quantitative estimate of drug-likeness (QED) is 0.478. The van der Waals surface area contributed by atoms with Gasteiger partial charge in [-0.15, -0.1) is 0 Å². The topological polar surface area (TPSA) is 0 Å². The van der Waals surface area contributed by atoms with Gasteiger partial charge in [0.15, 0.2) is 6.56 Å². The van der Waals surface area contributed by atoms with Crippen molar-refractivity contribution < 1.29 is 0 Å².